The number of hydrogen-bond acceptors (Lipinski definition) is 3. The maximum absolute atomic E-state index is 12.6. The van der Waals surface area contributed by atoms with Gasteiger partial charge in [0.1, 0.15) is 11.6 Å². The first-order valence-corrected chi connectivity index (χ1v) is 11.2. The summed E-state index contributed by atoms with van der Waals surface area (Å²) in [6, 6.07) is 18.0. The predicted molar refractivity (Wildman–Crippen MR) is 128 cm³/mol. The molecular weight excluding hydrogens is 531 g/mol. The Morgan fingerprint density at radius 3 is 2.39 bits per heavy atom. The van der Waals surface area contributed by atoms with Crippen LogP contribution in [0.1, 0.15) is 17.0 Å². The van der Waals surface area contributed by atoms with Gasteiger partial charge in [-0.15, -0.1) is 0 Å². The third kappa shape index (κ3) is 5.74. The van der Waals surface area contributed by atoms with E-state index in [1.165, 1.54) is 24.3 Å². The van der Waals surface area contributed by atoms with Crippen LogP contribution in [-0.2, 0) is 4.79 Å². The summed E-state index contributed by atoms with van der Waals surface area (Å²) in [6.07, 6.45) is 1.56. The molecule has 31 heavy (non-hydrogen) atoms. The van der Waals surface area contributed by atoms with Gasteiger partial charge in [-0.1, -0.05) is 11.8 Å². The highest BCUT2D eigenvalue weighted by molar-refractivity contribution is 14.1. The molecule has 3 rings (SSSR count). The van der Waals surface area contributed by atoms with Crippen LogP contribution in [0.4, 0.5) is 14.5 Å². The first-order valence-electron chi connectivity index (χ1n) is 9.21. The third-order valence-corrected chi connectivity index (χ3v) is 6.00. The highest BCUT2D eigenvalue weighted by Crippen LogP contribution is 2.27. The third-order valence-electron chi connectivity index (χ3n) is 4.56. The number of benzene rings is 2. The van der Waals surface area contributed by atoms with Gasteiger partial charge in [0.15, 0.2) is 0 Å². The second-order valence-electron chi connectivity index (χ2n) is 6.67. The molecule has 4 nitrogen and oxygen atoms in total. The van der Waals surface area contributed by atoms with E-state index < -0.39 is 11.7 Å². The Hall–Kier alpha value is -2.64. The molecule has 1 N–H and O–H groups in total. The Kier molecular flexibility index (Phi) is 7.51. The Bertz CT molecular complexity index is 1160. The zero-order chi connectivity index (χ0) is 22.5. The van der Waals surface area contributed by atoms with Crippen LogP contribution in [0.25, 0.3) is 11.8 Å². The van der Waals surface area contributed by atoms with Gasteiger partial charge >= 0.3 is 0 Å². The number of hydrogen-bond donors (Lipinski definition) is 1. The molecule has 2 aromatic carbocycles. The number of rotatable bonds is 6. The van der Waals surface area contributed by atoms with Crippen LogP contribution in [0.5, 0.6) is 0 Å². The van der Waals surface area contributed by atoms with Crippen molar-refractivity contribution in [2.24, 2.45) is 0 Å². The summed E-state index contributed by atoms with van der Waals surface area (Å²) in [6.45, 7) is 3.90. The van der Waals surface area contributed by atoms with E-state index in [4.69, 9.17) is 0 Å². The molecular formula is C23H18F2IN3OS. The molecule has 0 bridgehead atoms. The van der Waals surface area contributed by atoms with Crippen molar-refractivity contribution in [3.05, 3.63) is 80.7 Å². The van der Waals surface area contributed by atoms with Gasteiger partial charge in [0, 0.05) is 31.2 Å². The van der Waals surface area contributed by atoms with Crippen molar-refractivity contribution >= 4 is 52.0 Å². The van der Waals surface area contributed by atoms with Crippen molar-refractivity contribution < 1.29 is 13.6 Å². The first-order chi connectivity index (χ1) is 14.8. The quantitative estimate of drug-likeness (QED) is 0.164. The number of aryl methyl sites for hydroxylation is 1. The molecule has 0 spiro atoms. The maximum Gasteiger partial charge on any atom is 0.288 e. The molecule has 158 valence electrons. The molecule has 0 unspecified atom stereocenters. The topological polar surface area (TPSA) is 57.8 Å². The number of nitrogens with one attached hydrogen (secondary N) is 1. The summed E-state index contributed by atoms with van der Waals surface area (Å²) >= 11 is 2.68. The number of nitriles is 1. The molecule has 8 heteroatoms. The van der Waals surface area contributed by atoms with Gasteiger partial charge in [0.2, 0.25) is 0 Å². The highest BCUT2D eigenvalue weighted by atomic mass is 127. The second kappa shape index (κ2) is 10.1. The Balaban J connectivity index is 1.83. The Morgan fingerprint density at radius 1 is 1.16 bits per heavy atom. The van der Waals surface area contributed by atoms with E-state index in [2.05, 4.69) is 32.5 Å². The van der Waals surface area contributed by atoms with Crippen LogP contribution in [-0.4, -0.2) is 16.2 Å². The van der Waals surface area contributed by atoms with Gasteiger partial charge in [0.05, 0.1) is 0 Å². The summed E-state index contributed by atoms with van der Waals surface area (Å²) in [5.74, 6) is -3.07. The van der Waals surface area contributed by atoms with Crippen molar-refractivity contribution in [1.82, 2.24) is 4.57 Å². The van der Waals surface area contributed by atoms with Gasteiger partial charge < -0.3 is 9.88 Å². The van der Waals surface area contributed by atoms with Crippen molar-refractivity contribution in [3.63, 3.8) is 0 Å². The number of carbonyl (C=O) groups is 1. The molecule has 0 saturated carbocycles. The number of alkyl halides is 2. The van der Waals surface area contributed by atoms with Crippen LogP contribution in [0.15, 0.2) is 65.1 Å². The van der Waals surface area contributed by atoms with Crippen LogP contribution >= 0.6 is 34.4 Å². The number of amides is 1. The van der Waals surface area contributed by atoms with Crippen LogP contribution in [0.3, 0.4) is 0 Å². The van der Waals surface area contributed by atoms with Gasteiger partial charge in [-0.3, -0.25) is 4.79 Å². The van der Waals surface area contributed by atoms with E-state index >= 15 is 0 Å². The van der Waals surface area contributed by atoms with Gasteiger partial charge in [0.25, 0.3) is 11.7 Å². The molecule has 1 heterocycles. The van der Waals surface area contributed by atoms with E-state index in [1.54, 1.807) is 6.08 Å². The molecule has 1 amide bonds. The van der Waals surface area contributed by atoms with E-state index in [0.29, 0.717) is 22.3 Å². The van der Waals surface area contributed by atoms with Crippen molar-refractivity contribution in [2.75, 3.05) is 5.32 Å². The zero-order valence-electron chi connectivity index (χ0n) is 16.7. The minimum absolute atomic E-state index is 0.0473. The largest absolute Gasteiger partial charge is 0.321 e. The zero-order valence-corrected chi connectivity index (χ0v) is 19.7. The van der Waals surface area contributed by atoms with E-state index in [-0.39, 0.29) is 5.57 Å². The average molecular weight is 549 g/mol. The minimum atomic E-state index is -2.51. The first kappa shape index (κ1) is 23.0. The van der Waals surface area contributed by atoms with E-state index in [0.717, 1.165) is 26.2 Å². The predicted octanol–water partition coefficient (Wildman–Crippen LogP) is 6.56. The van der Waals surface area contributed by atoms with Crippen LogP contribution < -0.4 is 5.32 Å². The maximum atomic E-state index is 12.6. The van der Waals surface area contributed by atoms with Crippen molar-refractivity contribution in [3.8, 4) is 11.8 Å². The number of anilines is 1. The molecule has 0 saturated heterocycles. The van der Waals surface area contributed by atoms with Gasteiger partial charge in [-0.25, -0.2) is 0 Å². The molecule has 0 fully saturated rings. The smallest absolute Gasteiger partial charge is 0.288 e. The summed E-state index contributed by atoms with van der Waals surface area (Å²) in [7, 11) is 0. The Labute approximate surface area is 197 Å². The SMILES string of the molecule is Cc1cc(C=C(C#N)C(=O)Nc2ccc(SC(F)F)cc2)c(C)n1-c1ccc(I)cc1. The van der Waals surface area contributed by atoms with Gasteiger partial charge in [-0.2, -0.15) is 14.0 Å². The van der Waals surface area contributed by atoms with Gasteiger partial charge in [-0.05, 0) is 103 Å². The summed E-state index contributed by atoms with van der Waals surface area (Å²) < 4.78 is 28.0. The summed E-state index contributed by atoms with van der Waals surface area (Å²) in [4.78, 5) is 13.0. The molecule has 0 aliphatic heterocycles. The fraction of sp³-hybridized carbons (Fsp3) is 0.130. The average Bonchev–Trinajstić information content (AvgIpc) is 3.01. The normalized spacial score (nSPS) is 11.5. The molecule has 0 atom stereocenters. The lowest BCUT2D eigenvalue weighted by Crippen LogP contribution is -2.13. The number of nitrogens with zero attached hydrogens (tertiary/aromatic N) is 2. The number of thioether (sulfide) groups is 1. The highest BCUT2D eigenvalue weighted by Gasteiger charge is 2.14. The second-order valence-corrected chi connectivity index (χ2v) is 8.97. The molecule has 0 aliphatic carbocycles. The molecule has 0 radical (unpaired) electrons. The van der Waals surface area contributed by atoms with E-state index in [9.17, 15) is 18.8 Å². The molecule has 0 aliphatic rings. The lowest BCUT2D eigenvalue weighted by Gasteiger charge is -2.10. The lowest BCUT2D eigenvalue weighted by molar-refractivity contribution is -0.112. The monoisotopic (exact) mass is 549 g/mol. The van der Waals surface area contributed by atoms with E-state index in [1.807, 2.05) is 50.2 Å². The fourth-order valence-electron chi connectivity index (χ4n) is 3.14. The van der Waals surface area contributed by atoms with Crippen molar-refractivity contribution in [2.45, 2.75) is 24.5 Å². The number of halogens is 3. The summed E-state index contributed by atoms with van der Waals surface area (Å²) in [5.41, 5.74) is 4.04. The molecule has 3 aromatic rings. The van der Waals surface area contributed by atoms with Crippen LogP contribution in [0, 0.1) is 28.7 Å². The number of carbonyl (C=O) groups excluding carboxylic acids is 1. The fourth-order valence-corrected chi connectivity index (χ4v) is 4.00. The summed E-state index contributed by atoms with van der Waals surface area (Å²) in [5, 5.41) is 12.2. The molecule has 1 aromatic heterocycles. The minimum Gasteiger partial charge on any atom is -0.321 e. The van der Waals surface area contributed by atoms with Crippen LogP contribution in [0.2, 0.25) is 0 Å². The lowest BCUT2D eigenvalue weighted by atomic mass is 10.1. The van der Waals surface area contributed by atoms with Crippen molar-refractivity contribution in [1.29, 1.82) is 5.26 Å². The standard InChI is InChI=1S/C23H18F2IN3OS/c1-14-11-16(15(2)29(14)20-7-3-18(26)4-8-20)12-17(13-27)22(30)28-19-5-9-21(10-6-19)31-23(24)25/h3-12,23H,1-2H3,(H,28,30). The Morgan fingerprint density at radius 2 is 1.81 bits per heavy atom. The number of aromatic nitrogens is 1.